The molecule has 0 aliphatic heterocycles. The van der Waals surface area contributed by atoms with Gasteiger partial charge in [-0.1, -0.05) is 0 Å². The van der Waals surface area contributed by atoms with Crippen LogP contribution in [-0.2, 0) is 4.79 Å². The maximum Gasteiger partial charge on any atom is 0.279 e. The summed E-state index contributed by atoms with van der Waals surface area (Å²) >= 11 is 2.06. The number of carbonyl (C=O) groups is 1. The van der Waals surface area contributed by atoms with Crippen molar-refractivity contribution >= 4 is 33.2 Å². The lowest BCUT2D eigenvalue weighted by atomic mass is 9.98. The van der Waals surface area contributed by atoms with Crippen LogP contribution in [0.15, 0.2) is 0 Å². The second-order valence-electron chi connectivity index (χ2n) is 1.56. The minimum absolute atomic E-state index is 0.302. The van der Waals surface area contributed by atoms with Gasteiger partial charge in [0.1, 0.15) is 5.68 Å². The van der Waals surface area contributed by atoms with E-state index in [0.717, 1.165) is 6.42 Å². The van der Waals surface area contributed by atoms with E-state index in [0.29, 0.717) is 23.8 Å². The minimum atomic E-state index is 0.302. The van der Waals surface area contributed by atoms with Gasteiger partial charge < -0.3 is 10.5 Å². The Balaban J connectivity index is 2.99. The van der Waals surface area contributed by atoms with Crippen LogP contribution in [0.1, 0.15) is 12.8 Å². The van der Waals surface area contributed by atoms with Crippen molar-refractivity contribution in [3.05, 3.63) is 0 Å². The molecule has 0 saturated heterocycles. The standard InChI is InChI=1S/C4H9BINO/c6-5-4(8)2-1-3-7/h5H,1-3,7H2. The molecule has 0 aliphatic carbocycles. The Morgan fingerprint density at radius 1 is 1.75 bits per heavy atom. The summed E-state index contributed by atoms with van der Waals surface area (Å²) < 4.78 is 0. The Labute approximate surface area is 63.3 Å². The Bertz CT molecular complexity index is 78.4. The van der Waals surface area contributed by atoms with Crippen molar-refractivity contribution in [3.8, 4) is 0 Å². The van der Waals surface area contributed by atoms with Crippen LogP contribution in [0.5, 0.6) is 0 Å². The lowest BCUT2D eigenvalue weighted by Crippen LogP contribution is -2.06. The molecule has 0 bridgehead atoms. The molecule has 0 aliphatic rings. The molecule has 0 aromatic carbocycles. The Morgan fingerprint density at radius 2 is 2.38 bits per heavy atom. The summed E-state index contributed by atoms with van der Waals surface area (Å²) in [5.74, 6) is 0. The van der Waals surface area contributed by atoms with Gasteiger partial charge in [0.05, 0.1) is 0 Å². The van der Waals surface area contributed by atoms with Crippen LogP contribution in [0.25, 0.3) is 0 Å². The summed E-state index contributed by atoms with van der Waals surface area (Å²) in [4.78, 5) is 10.5. The monoisotopic (exact) mass is 225 g/mol. The summed E-state index contributed by atoms with van der Waals surface area (Å²) in [6, 6.07) is 0. The third-order valence-corrected chi connectivity index (χ3v) is 1.66. The van der Waals surface area contributed by atoms with E-state index in [1.807, 2.05) is 0 Å². The fraction of sp³-hybridized carbons (Fsp3) is 0.750. The second-order valence-corrected chi connectivity index (χ2v) is 2.33. The third kappa shape index (κ3) is 4.58. The Hall–Kier alpha value is 0.425. The molecule has 0 radical (unpaired) electrons. The van der Waals surface area contributed by atoms with Gasteiger partial charge in [-0.15, -0.1) is 22.4 Å². The van der Waals surface area contributed by atoms with Crippen molar-refractivity contribution in [2.24, 2.45) is 5.73 Å². The minimum Gasteiger partial charge on any atom is -0.330 e. The first kappa shape index (κ1) is 8.42. The van der Waals surface area contributed by atoms with E-state index in [2.05, 4.69) is 22.4 Å². The number of carbonyl (C=O) groups excluding carboxylic acids is 1. The first-order chi connectivity index (χ1) is 3.81. The molecule has 0 aromatic rings. The second kappa shape index (κ2) is 5.56. The predicted octanol–water partition coefficient (Wildman–Crippen LogP) is 0.0384. The number of halogens is 1. The maximum atomic E-state index is 10.5. The zero-order valence-corrected chi connectivity index (χ0v) is 6.85. The van der Waals surface area contributed by atoms with Crippen molar-refractivity contribution < 1.29 is 4.79 Å². The molecule has 0 heterocycles. The zero-order valence-electron chi connectivity index (χ0n) is 4.69. The molecule has 46 valence electrons. The molecule has 2 N–H and O–H groups in total. The van der Waals surface area contributed by atoms with E-state index >= 15 is 0 Å². The molecule has 0 rings (SSSR count). The van der Waals surface area contributed by atoms with E-state index in [9.17, 15) is 4.79 Å². The highest BCUT2D eigenvalue weighted by Gasteiger charge is 1.97. The van der Waals surface area contributed by atoms with Gasteiger partial charge in [0.2, 0.25) is 0 Å². The van der Waals surface area contributed by atoms with Crippen LogP contribution in [0.4, 0.5) is 0 Å². The number of nitrogens with two attached hydrogens (primary N) is 1. The SMILES string of the molecule is NCCCC(=O)BI. The average molecular weight is 225 g/mol. The van der Waals surface area contributed by atoms with Crippen molar-refractivity contribution in [3.63, 3.8) is 0 Å². The van der Waals surface area contributed by atoms with Gasteiger partial charge in [-0.25, -0.2) is 0 Å². The van der Waals surface area contributed by atoms with Crippen molar-refractivity contribution in [1.29, 1.82) is 0 Å². The molecule has 0 fully saturated rings. The topological polar surface area (TPSA) is 43.1 Å². The molecule has 0 aromatic heterocycles. The summed E-state index contributed by atoms with van der Waals surface area (Å²) in [7, 11) is 0. The first-order valence-electron chi connectivity index (χ1n) is 2.59. The molecule has 8 heavy (non-hydrogen) atoms. The maximum absolute atomic E-state index is 10.5. The lowest BCUT2D eigenvalue weighted by Gasteiger charge is -1.89. The van der Waals surface area contributed by atoms with E-state index in [1.54, 1.807) is 0 Å². The van der Waals surface area contributed by atoms with Gasteiger partial charge in [-0.3, -0.25) is 0 Å². The molecule has 0 amide bonds. The molecular formula is C4H9BINO. The Kier molecular flexibility index (Phi) is 5.85. The molecule has 4 heteroatoms. The molecule has 0 atom stereocenters. The van der Waals surface area contributed by atoms with E-state index in [1.165, 1.54) is 0 Å². The van der Waals surface area contributed by atoms with Crippen molar-refractivity contribution in [1.82, 2.24) is 0 Å². The lowest BCUT2D eigenvalue weighted by molar-refractivity contribution is -0.111. The quantitative estimate of drug-likeness (QED) is 0.542. The molecule has 2 nitrogen and oxygen atoms in total. The Morgan fingerprint density at radius 3 is 2.75 bits per heavy atom. The van der Waals surface area contributed by atoms with Gasteiger partial charge in [-0.05, 0) is 19.4 Å². The zero-order chi connectivity index (χ0) is 6.41. The van der Waals surface area contributed by atoms with Crippen molar-refractivity contribution in [2.45, 2.75) is 12.8 Å². The van der Waals surface area contributed by atoms with Crippen LogP contribution in [0.2, 0.25) is 0 Å². The predicted molar refractivity (Wildman–Crippen MR) is 44.5 cm³/mol. The summed E-state index contributed by atoms with van der Waals surface area (Å²) in [6.07, 6.45) is 1.49. The molecule has 0 spiro atoms. The smallest absolute Gasteiger partial charge is 0.279 e. The third-order valence-electron chi connectivity index (χ3n) is 0.809. The van der Waals surface area contributed by atoms with Gasteiger partial charge in [0.15, 0.2) is 0 Å². The first-order valence-corrected chi connectivity index (χ1v) is 4.11. The van der Waals surface area contributed by atoms with Crippen LogP contribution in [0, 0.1) is 0 Å². The fourth-order valence-electron chi connectivity index (χ4n) is 0.366. The highest BCUT2D eigenvalue weighted by atomic mass is 127. The molecule has 0 saturated carbocycles. The van der Waals surface area contributed by atoms with Gasteiger partial charge in [0, 0.05) is 0 Å². The van der Waals surface area contributed by atoms with Crippen LogP contribution in [0.3, 0.4) is 0 Å². The summed E-state index contributed by atoms with van der Waals surface area (Å²) in [5, 5.41) is 0.623. The van der Waals surface area contributed by atoms with Crippen LogP contribution >= 0.6 is 22.4 Å². The van der Waals surface area contributed by atoms with Gasteiger partial charge >= 0.3 is 0 Å². The van der Waals surface area contributed by atoms with Gasteiger partial charge in [-0.2, -0.15) is 0 Å². The average Bonchev–Trinajstić information content (AvgIpc) is 1.83. The van der Waals surface area contributed by atoms with Crippen LogP contribution in [-0.4, -0.2) is 17.4 Å². The number of rotatable bonds is 4. The van der Waals surface area contributed by atoms with Crippen LogP contribution < -0.4 is 5.73 Å². The summed E-state index contributed by atoms with van der Waals surface area (Å²) in [6.45, 7) is 0.627. The largest absolute Gasteiger partial charge is 0.330 e. The van der Waals surface area contributed by atoms with Gasteiger partial charge in [0.25, 0.3) is 5.14 Å². The van der Waals surface area contributed by atoms with Crippen molar-refractivity contribution in [2.75, 3.05) is 6.54 Å². The molecular weight excluding hydrogens is 216 g/mol. The normalized spacial score (nSPS) is 8.75. The summed E-state index contributed by atoms with van der Waals surface area (Å²) in [5.41, 5.74) is 5.48. The van der Waals surface area contributed by atoms with E-state index in [4.69, 9.17) is 5.73 Å². The number of hydrogen-bond acceptors (Lipinski definition) is 2. The van der Waals surface area contributed by atoms with E-state index < -0.39 is 0 Å². The highest BCUT2D eigenvalue weighted by Crippen LogP contribution is 1.89. The number of hydrogen-bond donors (Lipinski definition) is 1. The highest BCUT2D eigenvalue weighted by molar-refractivity contribution is 14.1. The van der Waals surface area contributed by atoms with E-state index in [-0.39, 0.29) is 0 Å². The molecule has 0 unspecified atom stereocenters. The fourth-order valence-corrected chi connectivity index (χ4v) is 0.747.